The van der Waals surface area contributed by atoms with Crippen molar-refractivity contribution in [1.82, 2.24) is 15.1 Å². The van der Waals surface area contributed by atoms with Gasteiger partial charge < -0.3 is 20.7 Å². The first-order valence-corrected chi connectivity index (χ1v) is 7.73. The van der Waals surface area contributed by atoms with Gasteiger partial charge in [0.2, 0.25) is 5.91 Å². The van der Waals surface area contributed by atoms with Crippen LogP contribution in [0.3, 0.4) is 0 Å². The van der Waals surface area contributed by atoms with Crippen LogP contribution in [0.4, 0.5) is 5.69 Å². The molecule has 0 aromatic heterocycles. The lowest BCUT2D eigenvalue weighted by molar-refractivity contribution is -0.122. The third-order valence-electron chi connectivity index (χ3n) is 3.79. The Morgan fingerprint density at radius 3 is 2.48 bits per heavy atom. The molecule has 0 atom stereocenters. The van der Waals surface area contributed by atoms with Crippen LogP contribution in [0.1, 0.15) is 10.4 Å². The second kappa shape index (κ2) is 11.9. The number of rotatable bonds is 6. The van der Waals surface area contributed by atoms with E-state index in [0.717, 1.165) is 0 Å². The van der Waals surface area contributed by atoms with Gasteiger partial charge in [0.05, 0.1) is 13.2 Å². The zero-order valence-electron chi connectivity index (χ0n) is 14.3. The summed E-state index contributed by atoms with van der Waals surface area (Å²) in [5.74, 6) is -0.0286. The molecule has 3 N–H and O–H groups in total. The second-order valence-electron chi connectivity index (χ2n) is 5.54. The highest BCUT2D eigenvalue weighted by atomic mass is 35.5. The molecule has 1 aliphatic heterocycles. The van der Waals surface area contributed by atoms with Crippen LogP contribution in [0, 0.1) is 0 Å². The summed E-state index contributed by atoms with van der Waals surface area (Å²) in [5.41, 5.74) is 6.91. The number of hydrogen-bond acceptors (Lipinski definition) is 5. The van der Waals surface area contributed by atoms with Crippen molar-refractivity contribution >= 4 is 42.3 Å². The Bertz CT molecular complexity index is 552. The molecule has 1 saturated heterocycles. The summed E-state index contributed by atoms with van der Waals surface area (Å²) in [7, 11) is 1.60. The molecule has 0 unspecified atom stereocenters. The van der Waals surface area contributed by atoms with Crippen molar-refractivity contribution < 1.29 is 14.3 Å². The Kier molecular flexibility index (Phi) is 11.2. The van der Waals surface area contributed by atoms with Crippen molar-refractivity contribution in [2.24, 2.45) is 0 Å². The largest absolute Gasteiger partial charge is 0.399 e. The van der Waals surface area contributed by atoms with Gasteiger partial charge >= 0.3 is 0 Å². The van der Waals surface area contributed by atoms with Gasteiger partial charge in [0.15, 0.2) is 0 Å². The third-order valence-corrected chi connectivity index (χ3v) is 3.79. The van der Waals surface area contributed by atoms with Crippen molar-refractivity contribution in [2.45, 2.75) is 0 Å². The molecule has 1 heterocycles. The van der Waals surface area contributed by atoms with Crippen LogP contribution < -0.4 is 11.1 Å². The van der Waals surface area contributed by atoms with E-state index in [9.17, 15) is 9.59 Å². The maximum absolute atomic E-state index is 12.4. The number of piperazine rings is 1. The first-order valence-electron chi connectivity index (χ1n) is 7.73. The van der Waals surface area contributed by atoms with E-state index >= 15 is 0 Å². The molecule has 0 bridgehead atoms. The van der Waals surface area contributed by atoms with Crippen LogP contribution in [-0.4, -0.2) is 74.6 Å². The number of ether oxygens (including phenoxy) is 1. The minimum absolute atomic E-state index is 0. The monoisotopic (exact) mass is 392 g/mol. The summed E-state index contributed by atoms with van der Waals surface area (Å²) in [6.07, 6.45) is 0. The molecular weight excluding hydrogens is 367 g/mol. The molecule has 2 amide bonds. The fourth-order valence-corrected chi connectivity index (χ4v) is 2.51. The van der Waals surface area contributed by atoms with Crippen molar-refractivity contribution in [2.75, 3.05) is 58.7 Å². The molecule has 25 heavy (non-hydrogen) atoms. The van der Waals surface area contributed by atoms with Crippen molar-refractivity contribution in [1.29, 1.82) is 0 Å². The third kappa shape index (κ3) is 7.48. The molecule has 1 aromatic carbocycles. The zero-order valence-corrected chi connectivity index (χ0v) is 15.9. The maximum atomic E-state index is 12.4. The molecule has 0 aliphatic carbocycles. The number of nitrogen functional groups attached to an aromatic ring is 1. The average Bonchev–Trinajstić information content (AvgIpc) is 2.55. The lowest BCUT2D eigenvalue weighted by atomic mass is 10.1. The molecule has 7 nitrogen and oxygen atoms in total. The van der Waals surface area contributed by atoms with Crippen LogP contribution >= 0.6 is 24.8 Å². The minimum Gasteiger partial charge on any atom is -0.399 e. The van der Waals surface area contributed by atoms with E-state index in [1.807, 2.05) is 4.90 Å². The van der Waals surface area contributed by atoms with Gasteiger partial charge in [-0.2, -0.15) is 0 Å². The number of anilines is 1. The molecule has 142 valence electrons. The molecular formula is C16H26Cl2N4O3. The van der Waals surface area contributed by atoms with Gasteiger partial charge in [0.1, 0.15) is 0 Å². The fraction of sp³-hybridized carbons (Fsp3) is 0.500. The van der Waals surface area contributed by atoms with Crippen LogP contribution in [0.2, 0.25) is 0 Å². The summed E-state index contributed by atoms with van der Waals surface area (Å²) in [6, 6.07) is 7.01. The molecule has 2 rings (SSSR count). The first kappa shape index (κ1) is 23.5. The molecule has 0 saturated carbocycles. The van der Waals surface area contributed by atoms with Gasteiger partial charge in [-0.25, -0.2) is 0 Å². The highest BCUT2D eigenvalue weighted by Gasteiger charge is 2.23. The topological polar surface area (TPSA) is 87.9 Å². The number of halogens is 2. The number of benzene rings is 1. The Morgan fingerprint density at radius 2 is 1.88 bits per heavy atom. The van der Waals surface area contributed by atoms with Gasteiger partial charge in [-0.1, -0.05) is 6.07 Å². The normalized spacial score (nSPS) is 14.2. The van der Waals surface area contributed by atoms with Gasteiger partial charge in [-0.15, -0.1) is 24.8 Å². The quantitative estimate of drug-likeness (QED) is 0.547. The number of carbonyl (C=O) groups is 2. The van der Waals surface area contributed by atoms with E-state index in [1.54, 1.807) is 36.3 Å². The Balaban J connectivity index is 0.00000288. The van der Waals surface area contributed by atoms with E-state index in [0.29, 0.717) is 57.1 Å². The first-order chi connectivity index (χ1) is 11.1. The minimum atomic E-state index is -0.0161. The van der Waals surface area contributed by atoms with Gasteiger partial charge in [-0.3, -0.25) is 14.5 Å². The van der Waals surface area contributed by atoms with Crippen molar-refractivity contribution in [3.8, 4) is 0 Å². The highest BCUT2D eigenvalue weighted by Crippen LogP contribution is 2.11. The van der Waals surface area contributed by atoms with Crippen LogP contribution in [0.25, 0.3) is 0 Å². The summed E-state index contributed by atoms with van der Waals surface area (Å²) in [6.45, 7) is 3.97. The number of carbonyl (C=O) groups excluding carboxylic acids is 2. The summed E-state index contributed by atoms with van der Waals surface area (Å²) < 4.78 is 4.89. The summed E-state index contributed by atoms with van der Waals surface area (Å²) in [5, 5.41) is 2.80. The Morgan fingerprint density at radius 1 is 1.20 bits per heavy atom. The number of methoxy groups -OCH3 is 1. The van der Waals surface area contributed by atoms with E-state index < -0.39 is 0 Å². The fourth-order valence-electron chi connectivity index (χ4n) is 2.51. The van der Waals surface area contributed by atoms with Crippen LogP contribution in [0.5, 0.6) is 0 Å². The SMILES string of the molecule is COCCNC(=O)CN1CCN(C(=O)c2cccc(N)c2)CC1.Cl.Cl. The summed E-state index contributed by atoms with van der Waals surface area (Å²) >= 11 is 0. The molecule has 1 aliphatic rings. The van der Waals surface area contributed by atoms with Crippen molar-refractivity contribution in [3.63, 3.8) is 0 Å². The average molecular weight is 393 g/mol. The summed E-state index contributed by atoms with van der Waals surface area (Å²) in [4.78, 5) is 28.0. The molecule has 0 spiro atoms. The molecule has 9 heteroatoms. The van der Waals surface area contributed by atoms with E-state index in [1.165, 1.54) is 0 Å². The standard InChI is InChI=1S/C16H24N4O3.2ClH/c1-23-10-5-18-15(21)12-19-6-8-20(9-7-19)16(22)13-3-2-4-14(17)11-13;;/h2-4,11H,5-10,12,17H2,1H3,(H,18,21);2*1H. The number of nitrogens with two attached hydrogens (primary N) is 1. The van der Waals surface area contributed by atoms with Gasteiger partial charge in [-0.05, 0) is 18.2 Å². The van der Waals surface area contributed by atoms with E-state index in [-0.39, 0.29) is 36.6 Å². The lowest BCUT2D eigenvalue weighted by Gasteiger charge is -2.34. The Labute approximate surface area is 160 Å². The van der Waals surface area contributed by atoms with Crippen LogP contribution in [0.15, 0.2) is 24.3 Å². The Hall–Kier alpha value is -1.54. The predicted molar refractivity (Wildman–Crippen MR) is 103 cm³/mol. The molecule has 1 fully saturated rings. The maximum Gasteiger partial charge on any atom is 0.254 e. The molecule has 0 radical (unpaired) electrons. The lowest BCUT2D eigenvalue weighted by Crippen LogP contribution is -2.51. The van der Waals surface area contributed by atoms with E-state index in [4.69, 9.17) is 10.5 Å². The van der Waals surface area contributed by atoms with Gasteiger partial charge in [0, 0.05) is 51.1 Å². The van der Waals surface area contributed by atoms with Gasteiger partial charge in [0.25, 0.3) is 5.91 Å². The van der Waals surface area contributed by atoms with E-state index in [2.05, 4.69) is 5.32 Å². The molecule has 1 aromatic rings. The van der Waals surface area contributed by atoms with Crippen molar-refractivity contribution in [3.05, 3.63) is 29.8 Å². The smallest absolute Gasteiger partial charge is 0.254 e. The highest BCUT2D eigenvalue weighted by molar-refractivity contribution is 5.95. The van der Waals surface area contributed by atoms with Crippen LogP contribution in [-0.2, 0) is 9.53 Å². The number of nitrogens with zero attached hydrogens (tertiary/aromatic N) is 2. The number of hydrogen-bond donors (Lipinski definition) is 2. The number of amides is 2. The zero-order chi connectivity index (χ0) is 16.7. The predicted octanol–water partition coefficient (Wildman–Crippen LogP) is 0.633. The number of nitrogens with one attached hydrogen (secondary N) is 1. The second-order valence-corrected chi connectivity index (χ2v) is 5.54.